The van der Waals surface area contributed by atoms with Gasteiger partial charge in [-0.25, -0.2) is 0 Å². The smallest absolute Gasteiger partial charge is 0.227 e. The van der Waals surface area contributed by atoms with Gasteiger partial charge >= 0.3 is 0 Å². The van der Waals surface area contributed by atoms with E-state index in [0.717, 1.165) is 43.9 Å². The van der Waals surface area contributed by atoms with E-state index in [0.29, 0.717) is 11.5 Å². The molecule has 1 aromatic rings. The molecule has 5 nitrogen and oxygen atoms in total. The molecule has 1 aliphatic rings. The highest BCUT2D eigenvalue weighted by Gasteiger charge is 2.21. The summed E-state index contributed by atoms with van der Waals surface area (Å²) in [6.45, 7) is 6.33. The molecule has 0 aliphatic carbocycles. The second kappa shape index (κ2) is 8.84. The average Bonchev–Trinajstić information content (AvgIpc) is 2.93. The van der Waals surface area contributed by atoms with E-state index in [1.54, 1.807) is 0 Å². The molecule has 2 rings (SSSR count). The lowest BCUT2D eigenvalue weighted by molar-refractivity contribution is -0.117. The fraction of sp³-hybridized carbons (Fsp3) is 0.529. The molecule has 1 amide bonds. The summed E-state index contributed by atoms with van der Waals surface area (Å²) in [6.07, 6.45) is 2.73. The summed E-state index contributed by atoms with van der Waals surface area (Å²) in [5.74, 6) is 0.188. The van der Waals surface area contributed by atoms with Crippen LogP contribution in [0.15, 0.2) is 24.3 Å². The molecule has 2 N–H and O–H groups in total. The summed E-state index contributed by atoms with van der Waals surface area (Å²) >= 11 is 5.29. The number of hydrogen-bond acceptors (Lipinski definition) is 3. The second-order valence-corrected chi connectivity index (χ2v) is 6.26. The van der Waals surface area contributed by atoms with E-state index in [1.165, 1.54) is 0 Å². The van der Waals surface area contributed by atoms with Gasteiger partial charge in [-0.2, -0.15) is 0 Å². The number of carbonyl (C=O) groups excluding carboxylic acids is 1. The molecule has 0 bridgehead atoms. The lowest BCUT2D eigenvalue weighted by atomic mass is 10.2. The minimum atomic E-state index is 0.188. The van der Waals surface area contributed by atoms with Crippen molar-refractivity contribution in [1.82, 2.24) is 5.32 Å². The molecule has 6 heteroatoms. The maximum Gasteiger partial charge on any atom is 0.227 e. The third-order valence-electron chi connectivity index (χ3n) is 3.55. The van der Waals surface area contributed by atoms with Gasteiger partial charge in [0.2, 0.25) is 5.91 Å². The Labute approximate surface area is 143 Å². The van der Waals surface area contributed by atoms with Crippen LogP contribution in [0.2, 0.25) is 0 Å². The molecule has 0 saturated carbocycles. The Morgan fingerprint density at radius 1 is 1.43 bits per heavy atom. The molecule has 1 heterocycles. The summed E-state index contributed by atoms with van der Waals surface area (Å²) in [5.41, 5.74) is 1.81. The maximum absolute atomic E-state index is 11.8. The SMILES string of the molecule is CC(C)OCCCNC(=S)Nc1cccc(N2CCCC2=O)c1. The van der Waals surface area contributed by atoms with Crippen molar-refractivity contribution in [2.45, 2.75) is 39.2 Å². The van der Waals surface area contributed by atoms with Gasteiger partial charge in [-0.1, -0.05) is 6.07 Å². The Balaban J connectivity index is 1.78. The average molecular weight is 335 g/mol. The van der Waals surface area contributed by atoms with Crippen molar-refractivity contribution >= 4 is 34.6 Å². The van der Waals surface area contributed by atoms with Gasteiger partial charge in [0.25, 0.3) is 0 Å². The summed E-state index contributed by atoms with van der Waals surface area (Å²) in [5, 5.41) is 6.91. The van der Waals surface area contributed by atoms with Gasteiger partial charge in [-0.3, -0.25) is 4.79 Å². The Kier molecular flexibility index (Phi) is 6.80. The first-order valence-corrected chi connectivity index (χ1v) is 8.54. The quantitative estimate of drug-likeness (QED) is 0.593. The molecule has 23 heavy (non-hydrogen) atoms. The number of hydrogen-bond donors (Lipinski definition) is 2. The van der Waals surface area contributed by atoms with Gasteiger partial charge in [0, 0.05) is 37.5 Å². The van der Waals surface area contributed by atoms with E-state index in [4.69, 9.17) is 17.0 Å². The molecule has 1 aliphatic heterocycles. The van der Waals surface area contributed by atoms with Crippen molar-refractivity contribution in [1.29, 1.82) is 0 Å². The molecule has 0 aromatic heterocycles. The molecule has 1 fully saturated rings. The number of anilines is 2. The van der Waals surface area contributed by atoms with E-state index in [9.17, 15) is 4.79 Å². The predicted molar refractivity (Wildman–Crippen MR) is 98.0 cm³/mol. The van der Waals surface area contributed by atoms with E-state index in [-0.39, 0.29) is 12.0 Å². The van der Waals surface area contributed by atoms with Crippen molar-refractivity contribution < 1.29 is 9.53 Å². The summed E-state index contributed by atoms with van der Waals surface area (Å²) in [7, 11) is 0. The predicted octanol–water partition coefficient (Wildman–Crippen LogP) is 2.91. The van der Waals surface area contributed by atoms with Gasteiger partial charge < -0.3 is 20.3 Å². The van der Waals surface area contributed by atoms with Crippen molar-refractivity contribution in [3.63, 3.8) is 0 Å². The number of thiocarbonyl (C=S) groups is 1. The molecule has 1 aromatic carbocycles. The molecule has 126 valence electrons. The monoisotopic (exact) mass is 335 g/mol. The Hall–Kier alpha value is -1.66. The van der Waals surface area contributed by atoms with Crippen LogP contribution < -0.4 is 15.5 Å². The maximum atomic E-state index is 11.8. The van der Waals surface area contributed by atoms with Crippen LogP contribution >= 0.6 is 12.2 Å². The van der Waals surface area contributed by atoms with Crippen LogP contribution in [0.25, 0.3) is 0 Å². The fourth-order valence-corrected chi connectivity index (χ4v) is 2.66. The summed E-state index contributed by atoms with van der Waals surface area (Å²) in [6, 6.07) is 7.79. The Morgan fingerprint density at radius 3 is 2.96 bits per heavy atom. The molecular weight excluding hydrogens is 310 g/mol. The van der Waals surface area contributed by atoms with E-state index in [1.807, 2.05) is 43.0 Å². The number of benzene rings is 1. The normalized spacial score (nSPS) is 14.4. The molecule has 0 spiro atoms. The lowest BCUT2D eigenvalue weighted by Crippen LogP contribution is -2.30. The van der Waals surface area contributed by atoms with Crippen LogP contribution in [0.3, 0.4) is 0 Å². The topological polar surface area (TPSA) is 53.6 Å². The largest absolute Gasteiger partial charge is 0.379 e. The summed E-state index contributed by atoms with van der Waals surface area (Å²) < 4.78 is 5.48. The van der Waals surface area contributed by atoms with Crippen LogP contribution in [0.4, 0.5) is 11.4 Å². The van der Waals surface area contributed by atoms with Crippen LogP contribution in [0.1, 0.15) is 33.1 Å². The van der Waals surface area contributed by atoms with Gasteiger partial charge in [0.15, 0.2) is 5.11 Å². The third-order valence-corrected chi connectivity index (χ3v) is 3.79. The van der Waals surface area contributed by atoms with Crippen molar-refractivity contribution in [2.75, 3.05) is 29.9 Å². The highest BCUT2D eigenvalue weighted by molar-refractivity contribution is 7.80. The Bertz CT molecular complexity index is 548. The number of rotatable bonds is 7. The van der Waals surface area contributed by atoms with Gasteiger partial charge in [-0.15, -0.1) is 0 Å². The van der Waals surface area contributed by atoms with Crippen LogP contribution in [0, 0.1) is 0 Å². The number of nitrogens with zero attached hydrogens (tertiary/aromatic N) is 1. The highest BCUT2D eigenvalue weighted by atomic mass is 32.1. The number of amides is 1. The number of ether oxygens (including phenoxy) is 1. The zero-order valence-electron chi connectivity index (χ0n) is 13.8. The fourth-order valence-electron chi connectivity index (χ4n) is 2.44. The first kappa shape index (κ1) is 17.7. The number of nitrogens with one attached hydrogen (secondary N) is 2. The van der Waals surface area contributed by atoms with Crippen molar-refractivity contribution in [2.24, 2.45) is 0 Å². The van der Waals surface area contributed by atoms with Gasteiger partial charge in [0.1, 0.15) is 0 Å². The van der Waals surface area contributed by atoms with Crippen LogP contribution in [0.5, 0.6) is 0 Å². The molecule has 1 saturated heterocycles. The van der Waals surface area contributed by atoms with Crippen LogP contribution in [-0.2, 0) is 9.53 Å². The molecular formula is C17H25N3O2S. The molecule has 0 radical (unpaired) electrons. The van der Waals surface area contributed by atoms with E-state index in [2.05, 4.69) is 10.6 Å². The minimum absolute atomic E-state index is 0.188. The minimum Gasteiger partial charge on any atom is -0.379 e. The van der Waals surface area contributed by atoms with Gasteiger partial charge in [0.05, 0.1) is 6.10 Å². The summed E-state index contributed by atoms with van der Waals surface area (Å²) in [4.78, 5) is 13.6. The van der Waals surface area contributed by atoms with Crippen LogP contribution in [-0.4, -0.2) is 36.8 Å². The number of carbonyl (C=O) groups is 1. The first-order chi connectivity index (χ1) is 11.1. The zero-order chi connectivity index (χ0) is 16.7. The zero-order valence-corrected chi connectivity index (χ0v) is 14.6. The van der Waals surface area contributed by atoms with Crippen molar-refractivity contribution in [3.05, 3.63) is 24.3 Å². The first-order valence-electron chi connectivity index (χ1n) is 8.13. The van der Waals surface area contributed by atoms with E-state index >= 15 is 0 Å². The Morgan fingerprint density at radius 2 is 2.26 bits per heavy atom. The molecule has 0 atom stereocenters. The standard InChI is InChI=1S/C17H25N3O2S/c1-13(2)22-11-5-9-18-17(23)19-14-6-3-7-15(12-14)20-10-4-8-16(20)21/h3,6-7,12-13H,4-5,8-11H2,1-2H3,(H2,18,19,23). The molecule has 0 unspecified atom stereocenters. The lowest BCUT2D eigenvalue weighted by Gasteiger charge is -2.17. The third kappa shape index (κ3) is 5.80. The van der Waals surface area contributed by atoms with E-state index < -0.39 is 0 Å². The van der Waals surface area contributed by atoms with Crippen molar-refractivity contribution in [3.8, 4) is 0 Å². The second-order valence-electron chi connectivity index (χ2n) is 5.85. The highest BCUT2D eigenvalue weighted by Crippen LogP contribution is 2.24. The van der Waals surface area contributed by atoms with Gasteiger partial charge in [-0.05, 0) is 57.1 Å².